The lowest BCUT2D eigenvalue weighted by Crippen LogP contribution is -2.27. The average molecular weight is 413 g/mol. The second-order valence-electron chi connectivity index (χ2n) is 6.98. The summed E-state index contributed by atoms with van der Waals surface area (Å²) in [6, 6.07) is 15.4. The number of fused-ring (bicyclic) bond motifs is 1. The Balaban J connectivity index is 1.54. The summed E-state index contributed by atoms with van der Waals surface area (Å²) in [7, 11) is 3.50. The van der Waals surface area contributed by atoms with Crippen molar-refractivity contribution < 1.29 is 22.4 Å². The van der Waals surface area contributed by atoms with Crippen LogP contribution in [0.1, 0.15) is 21.9 Å². The van der Waals surface area contributed by atoms with E-state index >= 15 is 0 Å². The SMILES string of the molecule is CN(Cc1nc2ccccc2n1C)C(=O)c1ccc(-c2cccc(C(F)(F)F)c2)o1. The van der Waals surface area contributed by atoms with Gasteiger partial charge in [-0.2, -0.15) is 13.2 Å². The third kappa shape index (κ3) is 3.68. The zero-order valence-corrected chi connectivity index (χ0v) is 16.3. The first-order chi connectivity index (χ1) is 14.2. The first-order valence-electron chi connectivity index (χ1n) is 9.17. The van der Waals surface area contributed by atoms with Gasteiger partial charge in [0.25, 0.3) is 5.91 Å². The van der Waals surface area contributed by atoms with Crippen LogP contribution in [0.2, 0.25) is 0 Å². The van der Waals surface area contributed by atoms with Crippen LogP contribution in [-0.4, -0.2) is 27.4 Å². The number of carbonyl (C=O) groups excluding carboxylic acids is 1. The summed E-state index contributed by atoms with van der Waals surface area (Å²) in [4.78, 5) is 18.8. The van der Waals surface area contributed by atoms with Gasteiger partial charge in [-0.3, -0.25) is 4.79 Å². The maximum absolute atomic E-state index is 12.9. The fourth-order valence-corrected chi connectivity index (χ4v) is 3.27. The molecule has 30 heavy (non-hydrogen) atoms. The van der Waals surface area contributed by atoms with Gasteiger partial charge >= 0.3 is 6.18 Å². The number of aryl methyl sites for hydroxylation is 1. The van der Waals surface area contributed by atoms with Gasteiger partial charge in [0.05, 0.1) is 23.1 Å². The molecule has 0 saturated heterocycles. The Morgan fingerprint density at radius 2 is 1.87 bits per heavy atom. The van der Waals surface area contributed by atoms with Crippen molar-refractivity contribution in [1.82, 2.24) is 14.5 Å². The van der Waals surface area contributed by atoms with Crippen molar-refractivity contribution in [2.24, 2.45) is 7.05 Å². The molecule has 0 atom stereocenters. The van der Waals surface area contributed by atoms with Crippen molar-refractivity contribution in [2.75, 3.05) is 7.05 Å². The Labute approximate surface area is 170 Å². The average Bonchev–Trinajstić information content (AvgIpc) is 3.33. The van der Waals surface area contributed by atoms with Crippen molar-refractivity contribution in [1.29, 1.82) is 0 Å². The molecule has 0 aliphatic rings. The van der Waals surface area contributed by atoms with Crippen LogP contribution in [0, 0.1) is 0 Å². The predicted molar refractivity (Wildman–Crippen MR) is 106 cm³/mol. The zero-order valence-electron chi connectivity index (χ0n) is 16.3. The molecule has 2 aromatic heterocycles. The minimum absolute atomic E-state index is 0.0451. The number of halogens is 3. The number of hydrogen-bond acceptors (Lipinski definition) is 3. The van der Waals surface area contributed by atoms with E-state index in [4.69, 9.17) is 4.42 Å². The van der Waals surface area contributed by atoms with E-state index in [1.54, 1.807) is 7.05 Å². The van der Waals surface area contributed by atoms with Crippen LogP contribution in [0.5, 0.6) is 0 Å². The van der Waals surface area contributed by atoms with Crippen LogP contribution < -0.4 is 0 Å². The third-order valence-corrected chi connectivity index (χ3v) is 4.90. The Morgan fingerprint density at radius 1 is 1.10 bits per heavy atom. The van der Waals surface area contributed by atoms with E-state index in [2.05, 4.69) is 4.98 Å². The van der Waals surface area contributed by atoms with Gasteiger partial charge in [0.15, 0.2) is 5.76 Å². The number of aromatic nitrogens is 2. The standard InChI is InChI=1S/C22H18F3N3O2/c1-27(13-20-26-16-8-3-4-9-17(16)28(20)2)21(29)19-11-10-18(30-19)14-6-5-7-15(12-14)22(23,24)25/h3-12H,13H2,1-2H3. The molecule has 8 heteroatoms. The van der Waals surface area contributed by atoms with Crippen molar-refractivity contribution in [2.45, 2.75) is 12.7 Å². The number of furan rings is 1. The van der Waals surface area contributed by atoms with Gasteiger partial charge in [0.2, 0.25) is 0 Å². The van der Waals surface area contributed by atoms with Crippen molar-refractivity contribution in [3.05, 3.63) is 77.8 Å². The highest BCUT2D eigenvalue weighted by molar-refractivity contribution is 5.92. The normalized spacial score (nSPS) is 11.8. The van der Waals surface area contributed by atoms with E-state index in [0.29, 0.717) is 5.82 Å². The first kappa shape index (κ1) is 19.8. The predicted octanol–water partition coefficient (Wildman–Crippen LogP) is 5.12. The molecule has 1 amide bonds. The molecular weight excluding hydrogens is 395 g/mol. The summed E-state index contributed by atoms with van der Waals surface area (Å²) in [6.07, 6.45) is -4.45. The maximum Gasteiger partial charge on any atom is 0.416 e. The topological polar surface area (TPSA) is 51.3 Å². The van der Waals surface area contributed by atoms with Gasteiger partial charge in [0, 0.05) is 19.7 Å². The smallest absolute Gasteiger partial charge is 0.416 e. The number of benzene rings is 2. The summed E-state index contributed by atoms with van der Waals surface area (Å²) in [5, 5.41) is 0. The quantitative estimate of drug-likeness (QED) is 0.466. The van der Waals surface area contributed by atoms with Gasteiger partial charge in [-0.1, -0.05) is 24.3 Å². The third-order valence-electron chi connectivity index (χ3n) is 4.90. The second kappa shape index (κ2) is 7.37. The minimum Gasteiger partial charge on any atom is -0.451 e. The summed E-state index contributed by atoms with van der Waals surface area (Å²) in [5.74, 6) is 0.557. The summed E-state index contributed by atoms with van der Waals surface area (Å²) in [5.41, 5.74) is 1.27. The van der Waals surface area contributed by atoms with Gasteiger partial charge in [-0.15, -0.1) is 0 Å². The zero-order chi connectivity index (χ0) is 21.5. The molecule has 154 valence electrons. The Bertz CT molecular complexity index is 1220. The largest absolute Gasteiger partial charge is 0.451 e. The molecule has 0 aliphatic heterocycles. The monoisotopic (exact) mass is 413 g/mol. The molecule has 0 fully saturated rings. The Morgan fingerprint density at radius 3 is 2.60 bits per heavy atom. The van der Waals surface area contributed by atoms with Crippen molar-refractivity contribution in [3.63, 3.8) is 0 Å². The first-order valence-corrected chi connectivity index (χ1v) is 9.17. The van der Waals surface area contributed by atoms with Crippen LogP contribution in [0.4, 0.5) is 13.2 Å². The van der Waals surface area contributed by atoms with E-state index < -0.39 is 11.7 Å². The number of rotatable bonds is 4. The minimum atomic E-state index is -4.45. The molecule has 0 saturated carbocycles. The lowest BCUT2D eigenvalue weighted by molar-refractivity contribution is -0.137. The maximum atomic E-state index is 12.9. The molecule has 5 nitrogen and oxygen atoms in total. The fraction of sp³-hybridized carbons (Fsp3) is 0.182. The Kier molecular flexibility index (Phi) is 4.85. The van der Waals surface area contributed by atoms with E-state index in [1.165, 1.54) is 29.2 Å². The number of alkyl halides is 3. The molecule has 0 N–H and O–H groups in total. The lowest BCUT2D eigenvalue weighted by atomic mass is 10.1. The van der Waals surface area contributed by atoms with Crippen LogP contribution in [0.25, 0.3) is 22.4 Å². The fourth-order valence-electron chi connectivity index (χ4n) is 3.27. The van der Waals surface area contributed by atoms with Crippen molar-refractivity contribution in [3.8, 4) is 11.3 Å². The number of amides is 1. The van der Waals surface area contributed by atoms with Gasteiger partial charge in [0.1, 0.15) is 11.6 Å². The van der Waals surface area contributed by atoms with E-state index in [9.17, 15) is 18.0 Å². The van der Waals surface area contributed by atoms with Crippen LogP contribution in [0.3, 0.4) is 0 Å². The number of para-hydroxylation sites is 2. The molecule has 0 spiro atoms. The number of nitrogens with zero attached hydrogens (tertiary/aromatic N) is 3. The molecule has 0 unspecified atom stereocenters. The lowest BCUT2D eigenvalue weighted by Gasteiger charge is -2.15. The Hall–Kier alpha value is -3.55. The molecule has 2 heterocycles. The highest BCUT2D eigenvalue weighted by Crippen LogP contribution is 2.32. The second-order valence-corrected chi connectivity index (χ2v) is 6.98. The molecule has 0 radical (unpaired) electrons. The van der Waals surface area contributed by atoms with Gasteiger partial charge < -0.3 is 13.9 Å². The van der Waals surface area contributed by atoms with Crippen molar-refractivity contribution >= 4 is 16.9 Å². The number of imidazole rings is 1. The van der Waals surface area contributed by atoms with Crippen LogP contribution >= 0.6 is 0 Å². The van der Waals surface area contributed by atoms with Crippen LogP contribution in [0.15, 0.2) is 65.1 Å². The summed E-state index contributed by atoms with van der Waals surface area (Å²) < 4.78 is 46.3. The highest BCUT2D eigenvalue weighted by Gasteiger charge is 2.30. The number of hydrogen-bond donors (Lipinski definition) is 0. The molecule has 4 rings (SSSR count). The van der Waals surface area contributed by atoms with E-state index in [0.717, 1.165) is 23.2 Å². The van der Waals surface area contributed by atoms with Crippen LogP contribution in [-0.2, 0) is 19.8 Å². The molecule has 0 bridgehead atoms. The number of carbonyl (C=O) groups is 1. The molecule has 0 aliphatic carbocycles. The molecule has 2 aromatic carbocycles. The van der Waals surface area contributed by atoms with E-state index in [1.807, 2.05) is 35.9 Å². The highest BCUT2D eigenvalue weighted by atomic mass is 19.4. The van der Waals surface area contributed by atoms with Gasteiger partial charge in [-0.05, 0) is 36.4 Å². The summed E-state index contributed by atoms with van der Waals surface area (Å²) >= 11 is 0. The van der Waals surface area contributed by atoms with E-state index in [-0.39, 0.29) is 29.5 Å². The molecular formula is C22H18F3N3O2. The summed E-state index contributed by atoms with van der Waals surface area (Å²) in [6.45, 7) is 0.254. The molecule has 4 aromatic rings. The van der Waals surface area contributed by atoms with Gasteiger partial charge in [-0.25, -0.2) is 4.98 Å².